The first kappa shape index (κ1) is 18.8. The third kappa shape index (κ3) is 4.02. The highest BCUT2D eigenvalue weighted by molar-refractivity contribution is 5.94. The molecule has 27 heavy (non-hydrogen) atoms. The Kier molecular flexibility index (Phi) is 5.22. The van der Waals surface area contributed by atoms with E-state index in [1.807, 2.05) is 24.3 Å². The lowest BCUT2D eigenvalue weighted by atomic mass is 9.48. The molecule has 3 heteroatoms. The average molecular weight is 370 g/mol. The zero-order chi connectivity index (χ0) is 19.0. The summed E-state index contributed by atoms with van der Waals surface area (Å²) in [5.74, 6) is 4.29. The van der Waals surface area contributed by atoms with Crippen LogP contribution in [0, 0.1) is 29.1 Å². The summed E-state index contributed by atoms with van der Waals surface area (Å²) < 4.78 is 5.77. The molecule has 5 rings (SSSR count). The van der Waals surface area contributed by atoms with E-state index in [-0.39, 0.29) is 11.9 Å². The molecule has 1 N–H and O–H groups in total. The van der Waals surface area contributed by atoms with Gasteiger partial charge in [-0.05, 0) is 105 Å². The van der Waals surface area contributed by atoms with Gasteiger partial charge < -0.3 is 10.1 Å². The van der Waals surface area contributed by atoms with E-state index in [1.165, 1.54) is 38.5 Å². The van der Waals surface area contributed by atoms with Gasteiger partial charge in [0.15, 0.2) is 0 Å². The van der Waals surface area contributed by atoms with Crippen molar-refractivity contribution in [2.75, 3.05) is 6.61 Å². The molecule has 0 heterocycles. The first-order valence-electron chi connectivity index (χ1n) is 11.0. The van der Waals surface area contributed by atoms with Crippen molar-refractivity contribution in [1.82, 2.24) is 5.32 Å². The molecule has 1 aromatic rings. The van der Waals surface area contributed by atoms with Crippen LogP contribution in [0.3, 0.4) is 0 Å². The molecule has 3 nitrogen and oxygen atoms in total. The smallest absolute Gasteiger partial charge is 0.251 e. The number of benzene rings is 1. The van der Waals surface area contributed by atoms with E-state index in [0.29, 0.717) is 11.3 Å². The second-order valence-electron chi connectivity index (χ2n) is 10.0. The standard InChI is InChI=1S/C24H35NO2/c1-16(2)8-9-27-22-6-4-21(5-7-22)23(26)25-17(3)24-13-18-10-19(14-24)12-20(11-18)15-24/h4-7,16-20H,8-15H2,1-3H3,(H,25,26). The number of hydrogen-bond donors (Lipinski definition) is 1. The van der Waals surface area contributed by atoms with Crippen molar-refractivity contribution >= 4 is 5.91 Å². The summed E-state index contributed by atoms with van der Waals surface area (Å²) in [7, 11) is 0. The summed E-state index contributed by atoms with van der Waals surface area (Å²) in [4.78, 5) is 12.8. The predicted molar refractivity (Wildman–Crippen MR) is 109 cm³/mol. The number of rotatable bonds is 7. The lowest BCUT2D eigenvalue weighted by Crippen LogP contribution is -2.55. The largest absolute Gasteiger partial charge is 0.494 e. The van der Waals surface area contributed by atoms with Crippen LogP contribution in [0.1, 0.15) is 76.1 Å². The van der Waals surface area contributed by atoms with Gasteiger partial charge >= 0.3 is 0 Å². The summed E-state index contributed by atoms with van der Waals surface area (Å²) in [6.45, 7) is 7.37. The molecule has 0 radical (unpaired) electrons. The van der Waals surface area contributed by atoms with Gasteiger partial charge in [0, 0.05) is 11.6 Å². The van der Waals surface area contributed by atoms with Gasteiger partial charge in [-0.2, -0.15) is 0 Å². The Hall–Kier alpha value is -1.51. The molecule has 4 aliphatic carbocycles. The van der Waals surface area contributed by atoms with Crippen molar-refractivity contribution in [2.24, 2.45) is 29.1 Å². The highest BCUT2D eigenvalue weighted by Gasteiger charge is 2.53. The molecule has 1 aromatic carbocycles. The van der Waals surface area contributed by atoms with E-state index < -0.39 is 0 Å². The van der Waals surface area contributed by atoms with Crippen LogP contribution in [0.15, 0.2) is 24.3 Å². The normalized spacial score (nSPS) is 32.5. The molecule has 4 fully saturated rings. The molecular formula is C24H35NO2. The first-order valence-corrected chi connectivity index (χ1v) is 11.0. The maximum atomic E-state index is 12.8. The number of ether oxygens (including phenoxy) is 1. The number of hydrogen-bond acceptors (Lipinski definition) is 2. The molecule has 0 saturated heterocycles. The number of nitrogens with one attached hydrogen (secondary N) is 1. The van der Waals surface area contributed by atoms with Crippen LogP contribution < -0.4 is 10.1 Å². The van der Waals surface area contributed by atoms with Crippen molar-refractivity contribution in [3.05, 3.63) is 29.8 Å². The fourth-order valence-electron chi connectivity index (χ4n) is 6.26. The fraction of sp³-hybridized carbons (Fsp3) is 0.708. The van der Waals surface area contributed by atoms with Gasteiger partial charge in [-0.25, -0.2) is 0 Å². The van der Waals surface area contributed by atoms with Crippen LogP contribution in [-0.2, 0) is 0 Å². The number of amides is 1. The van der Waals surface area contributed by atoms with Crippen molar-refractivity contribution < 1.29 is 9.53 Å². The first-order chi connectivity index (χ1) is 12.9. The van der Waals surface area contributed by atoms with Gasteiger partial charge in [-0.3, -0.25) is 4.79 Å². The molecule has 4 aliphatic rings. The zero-order valence-electron chi connectivity index (χ0n) is 17.2. The van der Waals surface area contributed by atoms with E-state index in [1.54, 1.807) is 0 Å². The molecule has 0 aliphatic heterocycles. The molecule has 1 atom stereocenters. The van der Waals surface area contributed by atoms with Crippen LogP contribution in [0.5, 0.6) is 5.75 Å². The third-order valence-corrected chi connectivity index (χ3v) is 7.43. The molecule has 0 aromatic heterocycles. The quantitative estimate of drug-likeness (QED) is 0.694. The molecule has 0 spiro atoms. The van der Waals surface area contributed by atoms with E-state index >= 15 is 0 Å². The minimum atomic E-state index is 0.0620. The summed E-state index contributed by atoms with van der Waals surface area (Å²) in [5.41, 5.74) is 1.09. The highest BCUT2D eigenvalue weighted by atomic mass is 16.5. The van der Waals surface area contributed by atoms with Gasteiger partial charge in [0.05, 0.1) is 6.61 Å². The molecule has 1 unspecified atom stereocenters. The third-order valence-electron chi connectivity index (χ3n) is 7.43. The van der Waals surface area contributed by atoms with Crippen LogP contribution in [0.2, 0.25) is 0 Å². The maximum Gasteiger partial charge on any atom is 0.251 e. The Labute approximate surface area is 164 Å². The van der Waals surface area contributed by atoms with Gasteiger partial charge in [-0.1, -0.05) is 13.8 Å². The fourth-order valence-corrected chi connectivity index (χ4v) is 6.26. The van der Waals surface area contributed by atoms with Crippen LogP contribution in [0.4, 0.5) is 0 Å². The minimum absolute atomic E-state index is 0.0620. The van der Waals surface area contributed by atoms with Crippen molar-refractivity contribution in [2.45, 2.75) is 71.8 Å². The van der Waals surface area contributed by atoms with E-state index in [4.69, 9.17) is 4.74 Å². The molecule has 1 amide bonds. The highest BCUT2D eigenvalue weighted by Crippen LogP contribution is 2.61. The van der Waals surface area contributed by atoms with E-state index in [9.17, 15) is 4.79 Å². The Morgan fingerprint density at radius 1 is 1.04 bits per heavy atom. The number of carbonyl (C=O) groups excluding carboxylic acids is 1. The molecule has 4 saturated carbocycles. The zero-order valence-corrected chi connectivity index (χ0v) is 17.2. The Balaban J connectivity index is 1.35. The SMILES string of the molecule is CC(C)CCOc1ccc(C(=O)NC(C)C23CC4CC(CC(C4)C2)C3)cc1. The van der Waals surface area contributed by atoms with Gasteiger partial charge in [0.2, 0.25) is 0 Å². The van der Waals surface area contributed by atoms with Crippen LogP contribution in [0.25, 0.3) is 0 Å². The number of carbonyl (C=O) groups is 1. The minimum Gasteiger partial charge on any atom is -0.494 e. The van der Waals surface area contributed by atoms with E-state index in [2.05, 4.69) is 26.1 Å². The predicted octanol–water partition coefficient (Wildman–Crippen LogP) is 5.45. The van der Waals surface area contributed by atoms with E-state index in [0.717, 1.165) is 42.1 Å². The lowest BCUT2D eigenvalue weighted by molar-refractivity contribution is -0.0688. The van der Waals surface area contributed by atoms with Crippen LogP contribution in [-0.4, -0.2) is 18.6 Å². The summed E-state index contributed by atoms with van der Waals surface area (Å²) in [5, 5.41) is 3.35. The molecule has 4 bridgehead atoms. The Morgan fingerprint density at radius 3 is 2.11 bits per heavy atom. The lowest BCUT2D eigenvalue weighted by Gasteiger charge is -2.59. The monoisotopic (exact) mass is 369 g/mol. The maximum absolute atomic E-state index is 12.8. The topological polar surface area (TPSA) is 38.3 Å². The van der Waals surface area contributed by atoms with Crippen molar-refractivity contribution in [3.8, 4) is 5.75 Å². The summed E-state index contributed by atoms with van der Waals surface area (Å²) in [6, 6.07) is 7.90. The summed E-state index contributed by atoms with van der Waals surface area (Å²) in [6.07, 6.45) is 9.34. The van der Waals surface area contributed by atoms with Gasteiger partial charge in [-0.15, -0.1) is 0 Å². The second kappa shape index (κ2) is 7.48. The molecule has 148 valence electrons. The Morgan fingerprint density at radius 2 is 1.59 bits per heavy atom. The van der Waals surface area contributed by atoms with Crippen molar-refractivity contribution in [3.63, 3.8) is 0 Å². The average Bonchev–Trinajstić information content (AvgIpc) is 2.60. The second-order valence-corrected chi connectivity index (χ2v) is 10.0. The van der Waals surface area contributed by atoms with Crippen molar-refractivity contribution in [1.29, 1.82) is 0 Å². The van der Waals surface area contributed by atoms with Gasteiger partial charge in [0.25, 0.3) is 5.91 Å². The molecular weight excluding hydrogens is 334 g/mol. The summed E-state index contributed by atoms with van der Waals surface area (Å²) >= 11 is 0. The Bertz CT molecular complexity index is 628. The van der Waals surface area contributed by atoms with Gasteiger partial charge in [0.1, 0.15) is 5.75 Å². The van der Waals surface area contributed by atoms with Crippen LogP contribution >= 0.6 is 0 Å².